The molecule has 1 amide bonds. The average molecular weight is 382 g/mol. The van der Waals surface area contributed by atoms with E-state index in [0.29, 0.717) is 23.0 Å². The second-order valence-corrected chi connectivity index (χ2v) is 9.36. The van der Waals surface area contributed by atoms with E-state index in [0.717, 1.165) is 11.1 Å². The molecule has 0 radical (unpaired) electrons. The Hall–Kier alpha value is -1.51. The van der Waals surface area contributed by atoms with Gasteiger partial charge in [-0.05, 0) is 37.6 Å². The van der Waals surface area contributed by atoms with Crippen LogP contribution in [0.15, 0.2) is 23.1 Å². The quantitative estimate of drug-likeness (QED) is 0.801. The van der Waals surface area contributed by atoms with Gasteiger partial charge in [-0.2, -0.15) is 0 Å². The summed E-state index contributed by atoms with van der Waals surface area (Å²) >= 11 is 1.29. The van der Waals surface area contributed by atoms with Gasteiger partial charge in [-0.15, -0.1) is 0 Å². The first kappa shape index (κ1) is 18.3. The van der Waals surface area contributed by atoms with Crippen molar-refractivity contribution in [2.24, 2.45) is 5.92 Å². The fraction of sp³-hybridized carbons (Fsp3) is 0.529. The maximum Gasteiger partial charge on any atom is 0.240 e. The summed E-state index contributed by atoms with van der Waals surface area (Å²) in [5, 5.41) is 3.36. The Morgan fingerprint density at radius 3 is 2.76 bits per heavy atom. The van der Waals surface area contributed by atoms with E-state index < -0.39 is 10.0 Å². The van der Waals surface area contributed by atoms with Crippen LogP contribution in [0.25, 0.3) is 10.2 Å². The van der Waals surface area contributed by atoms with Crippen molar-refractivity contribution in [1.82, 2.24) is 9.71 Å². The van der Waals surface area contributed by atoms with Crippen molar-refractivity contribution >= 4 is 42.6 Å². The number of sulfonamides is 1. The van der Waals surface area contributed by atoms with Crippen LogP contribution in [0.4, 0.5) is 5.13 Å². The minimum atomic E-state index is -3.48. The van der Waals surface area contributed by atoms with Crippen molar-refractivity contribution in [2.75, 3.05) is 12.4 Å². The Morgan fingerprint density at radius 1 is 1.28 bits per heavy atom. The van der Waals surface area contributed by atoms with Gasteiger partial charge in [0, 0.05) is 6.42 Å². The van der Waals surface area contributed by atoms with Crippen LogP contribution in [0.5, 0.6) is 0 Å². The Bertz CT molecular complexity index is 855. The third kappa shape index (κ3) is 4.56. The number of hydrogen-bond acceptors (Lipinski definition) is 5. The molecule has 0 saturated heterocycles. The van der Waals surface area contributed by atoms with Crippen LogP contribution < -0.4 is 10.0 Å². The highest BCUT2D eigenvalue weighted by molar-refractivity contribution is 7.89. The predicted molar refractivity (Wildman–Crippen MR) is 100 cm³/mol. The summed E-state index contributed by atoms with van der Waals surface area (Å²) in [4.78, 5) is 16.7. The summed E-state index contributed by atoms with van der Waals surface area (Å²) in [5.41, 5.74) is 0.683. The van der Waals surface area contributed by atoms with E-state index in [-0.39, 0.29) is 10.8 Å². The molecular weight excluding hydrogens is 358 g/mol. The second-order valence-electron chi connectivity index (χ2n) is 6.45. The van der Waals surface area contributed by atoms with Gasteiger partial charge in [0.1, 0.15) is 0 Å². The molecule has 1 saturated carbocycles. The fourth-order valence-corrected chi connectivity index (χ4v) is 4.99. The molecule has 1 aliphatic rings. The molecule has 136 valence electrons. The molecule has 6 nitrogen and oxygen atoms in total. The van der Waals surface area contributed by atoms with Crippen LogP contribution >= 0.6 is 11.3 Å². The molecule has 8 heteroatoms. The van der Waals surface area contributed by atoms with Gasteiger partial charge in [0.2, 0.25) is 15.9 Å². The summed E-state index contributed by atoms with van der Waals surface area (Å²) < 4.78 is 26.8. The summed E-state index contributed by atoms with van der Waals surface area (Å²) in [5.74, 6) is 0.650. The average Bonchev–Trinajstić information content (AvgIpc) is 3.02. The van der Waals surface area contributed by atoms with Gasteiger partial charge >= 0.3 is 0 Å². The summed E-state index contributed by atoms with van der Waals surface area (Å²) in [6.07, 6.45) is 7.79. The van der Waals surface area contributed by atoms with Crippen molar-refractivity contribution in [3.8, 4) is 0 Å². The zero-order valence-corrected chi connectivity index (χ0v) is 15.9. The molecule has 1 fully saturated rings. The zero-order chi connectivity index (χ0) is 17.9. The van der Waals surface area contributed by atoms with Crippen LogP contribution in [0, 0.1) is 5.92 Å². The number of benzene rings is 1. The fourth-order valence-electron chi connectivity index (χ4n) is 3.24. The third-order valence-corrected chi connectivity index (χ3v) is 7.04. The highest BCUT2D eigenvalue weighted by Gasteiger charge is 2.17. The Kier molecular flexibility index (Phi) is 5.71. The minimum absolute atomic E-state index is 0.0206. The number of carbonyl (C=O) groups is 1. The molecule has 1 aromatic carbocycles. The molecule has 1 aliphatic carbocycles. The van der Waals surface area contributed by atoms with Gasteiger partial charge in [-0.3, -0.25) is 4.79 Å². The van der Waals surface area contributed by atoms with E-state index >= 15 is 0 Å². The van der Waals surface area contributed by atoms with E-state index in [4.69, 9.17) is 0 Å². The van der Waals surface area contributed by atoms with Gasteiger partial charge in [0.25, 0.3) is 0 Å². The lowest BCUT2D eigenvalue weighted by atomic mass is 9.86. The summed E-state index contributed by atoms with van der Waals surface area (Å²) in [7, 11) is -2.10. The van der Waals surface area contributed by atoms with Crippen molar-refractivity contribution < 1.29 is 13.2 Å². The largest absolute Gasteiger partial charge is 0.302 e. The molecule has 2 aromatic rings. The summed E-state index contributed by atoms with van der Waals surface area (Å²) in [6.45, 7) is 0. The van der Waals surface area contributed by atoms with E-state index in [2.05, 4.69) is 15.0 Å². The molecule has 0 aliphatic heterocycles. The Morgan fingerprint density at radius 2 is 2.04 bits per heavy atom. The molecular formula is C17H23N3O3S2. The summed E-state index contributed by atoms with van der Waals surface area (Å²) in [6, 6.07) is 4.76. The number of thiazole rings is 1. The molecule has 2 N–H and O–H groups in total. The maximum atomic E-state index is 12.2. The lowest BCUT2D eigenvalue weighted by molar-refractivity contribution is -0.116. The maximum absolute atomic E-state index is 12.2. The number of rotatable bonds is 6. The molecule has 1 heterocycles. The van der Waals surface area contributed by atoms with Crippen molar-refractivity contribution in [3.05, 3.63) is 18.2 Å². The molecule has 3 rings (SSSR count). The van der Waals surface area contributed by atoms with Crippen LogP contribution in [-0.2, 0) is 14.8 Å². The zero-order valence-electron chi connectivity index (χ0n) is 14.2. The van der Waals surface area contributed by atoms with E-state index in [1.165, 1.54) is 56.6 Å². The smallest absolute Gasteiger partial charge is 0.240 e. The van der Waals surface area contributed by atoms with Crippen LogP contribution in [-0.4, -0.2) is 26.4 Å². The van der Waals surface area contributed by atoms with Gasteiger partial charge in [0.05, 0.1) is 15.1 Å². The second kappa shape index (κ2) is 7.80. The first-order valence-electron chi connectivity index (χ1n) is 8.62. The van der Waals surface area contributed by atoms with E-state index in [1.807, 2.05) is 0 Å². The first-order valence-corrected chi connectivity index (χ1v) is 10.9. The van der Waals surface area contributed by atoms with Crippen molar-refractivity contribution in [1.29, 1.82) is 0 Å². The molecule has 0 spiro atoms. The van der Waals surface area contributed by atoms with Crippen LogP contribution in [0.2, 0.25) is 0 Å². The van der Waals surface area contributed by atoms with Crippen LogP contribution in [0.1, 0.15) is 44.9 Å². The number of carbonyl (C=O) groups excluding carboxylic acids is 1. The van der Waals surface area contributed by atoms with Gasteiger partial charge in [0.15, 0.2) is 5.13 Å². The molecule has 0 unspecified atom stereocenters. The standard InChI is InChI=1S/C17H23N3O3S2/c1-18-25(22,23)13-8-9-14-15(11-13)24-17(19-14)20-16(21)10-7-12-5-3-2-4-6-12/h8-9,11-12,18H,2-7,10H2,1H3,(H,19,20,21). The van der Waals surface area contributed by atoms with Gasteiger partial charge in [-0.25, -0.2) is 18.1 Å². The number of fused-ring (bicyclic) bond motifs is 1. The van der Waals surface area contributed by atoms with Gasteiger partial charge < -0.3 is 5.32 Å². The van der Waals surface area contributed by atoms with Crippen molar-refractivity contribution in [3.63, 3.8) is 0 Å². The number of nitrogens with one attached hydrogen (secondary N) is 2. The first-order chi connectivity index (χ1) is 12.0. The molecule has 0 atom stereocenters. The number of anilines is 1. The monoisotopic (exact) mass is 381 g/mol. The SMILES string of the molecule is CNS(=O)(=O)c1ccc2nc(NC(=O)CCC3CCCCC3)sc2c1. The molecule has 0 bridgehead atoms. The van der Waals surface area contributed by atoms with E-state index in [9.17, 15) is 13.2 Å². The number of nitrogens with zero attached hydrogens (tertiary/aromatic N) is 1. The van der Waals surface area contributed by atoms with E-state index in [1.54, 1.807) is 12.1 Å². The number of aromatic nitrogens is 1. The predicted octanol–water partition coefficient (Wildman–Crippen LogP) is 3.50. The lowest BCUT2D eigenvalue weighted by Crippen LogP contribution is -2.18. The Labute approximate surface area is 152 Å². The molecule has 25 heavy (non-hydrogen) atoms. The third-order valence-electron chi connectivity index (χ3n) is 4.69. The Balaban J connectivity index is 1.64. The number of amides is 1. The number of hydrogen-bond donors (Lipinski definition) is 2. The normalized spacial score (nSPS) is 16.2. The van der Waals surface area contributed by atoms with Crippen molar-refractivity contribution in [2.45, 2.75) is 49.8 Å². The topological polar surface area (TPSA) is 88.2 Å². The lowest BCUT2D eigenvalue weighted by Gasteiger charge is -2.20. The van der Waals surface area contributed by atoms with Gasteiger partial charge in [-0.1, -0.05) is 43.4 Å². The van der Waals surface area contributed by atoms with Crippen LogP contribution in [0.3, 0.4) is 0 Å². The highest BCUT2D eigenvalue weighted by Crippen LogP contribution is 2.29. The molecule has 1 aromatic heterocycles. The minimum Gasteiger partial charge on any atom is -0.302 e. The highest BCUT2D eigenvalue weighted by atomic mass is 32.2.